The summed E-state index contributed by atoms with van der Waals surface area (Å²) in [4.78, 5) is 23.0. The number of benzene rings is 1. The number of rotatable bonds is 5. The van der Waals surface area contributed by atoms with Crippen LogP contribution in [0.4, 0.5) is 0 Å². The van der Waals surface area contributed by atoms with Crippen molar-refractivity contribution in [1.82, 2.24) is 5.32 Å². The third-order valence-electron chi connectivity index (χ3n) is 4.06. The van der Waals surface area contributed by atoms with Crippen molar-refractivity contribution < 1.29 is 19.8 Å². The van der Waals surface area contributed by atoms with Crippen LogP contribution in [0.5, 0.6) is 5.75 Å². The van der Waals surface area contributed by atoms with Gasteiger partial charge in [-0.15, -0.1) is 0 Å². The van der Waals surface area contributed by atoms with Gasteiger partial charge in [-0.25, -0.2) is 0 Å². The van der Waals surface area contributed by atoms with Gasteiger partial charge in [-0.3, -0.25) is 9.59 Å². The molecule has 1 aromatic rings. The van der Waals surface area contributed by atoms with E-state index in [4.69, 9.17) is 5.11 Å². The van der Waals surface area contributed by atoms with E-state index in [0.29, 0.717) is 13.0 Å². The molecule has 5 nitrogen and oxygen atoms in total. The van der Waals surface area contributed by atoms with Gasteiger partial charge in [0.25, 0.3) is 0 Å². The zero-order valence-electron chi connectivity index (χ0n) is 11.6. The molecule has 1 saturated carbocycles. The average molecular weight is 277 g/mol. The Balaban J connectivity index is 1.85. The van der Waals surface area contributed by atoms with Gasteiger partial charge in [0.15, 0.2) is 0 Å². The van der Waals surface area contributed by atoms with Gasteiger partial charge in [-0.2, -0.15) is 0 Å². The lowest BCUT2D eigenvalue weighted by atomic mass is 10.1. The number of aromatic hydroxyl groups is 1. The minimum Gasteiger partial charge on any atom is -0.508 e. The van der Waals surface area contributed by atoms with Gasteiger partial charge in [0.1, 0.15) is 5.75 Å². The van der Waals surface area contributed by atoms with Gasteiger partial charge in [-0.05, 0) is 23.5 Å². The highest BCUT2D eigenvalue weighted by atomic mass is 16.4. The van der Waals surface area contributed by atoms with Crippen LogP contribution >= 0.6 is 0 Å². The summed E-state index contributed by atoms with van der Waals surface area (Å²) in [7, 11) is 0. The lowest BCUT2D eigenvalue weighted by Crippen LogP contribution is -2.29. The topological polar surface area (TPSA) is 86.6 Å². The Bertz CT molecular complexity index is 538. The van der Waals surface area contributed by atoms with E-state index in [0.717, 1.165) is 5.56 Å². The molecule has 0 saturated heterocycles. The molecule has 0 unspecified atom stereocenters. The summed E-state index contributed by atoms with van der Waals surface area (Å²) >= 11 is 0. The van der Waals surface area contributed by atoms with Crippen molar-refractivity contribution >= 4 is 11.9 Å². The van der Waals surface area contributed by atoms with Gasteiger partial charge >= 0.3 is 5.97 Å². The molecule has 0 aromatic heterocycles. The molecule has 5 heteroatoms. The summed E-state index contributed by atoms with van der Waals surface area (Å²) in [5.41, 5.74) is 0.280. The van der Waals surface area contributed by atoms with Crippen LogP contribution in [-0.2, 0) is 16.0 Å². The maximum Gasteiger partial charge on any atom is 0.307 e. The molecule has 3 N–H and O–H groups in total. The first kappa shape index (κ1) is 14.4. The predicted octanol–water partition coefficient (Wildman–Crippen LogP) is 1.41. The second kappa shape index (κ2) is 5.15. The Hall–Kier alpha value is -2.04. The van der Waals surface area contributed by atoms with E-state index in [-0.39, 0.29) is 11.7 Å². The number of carboxylic acid groups (broad SMARTS) is 1. The van der Waals surface area contributed by atoms with Crippen molar-refractivity contribution in [3.05, 3.63) is 29.8 Å². The predicted molar refractivity (Wildman–Crippen MR) is 73.2 cm³/mol. The quantitative estimate of drug-likeness (QED) is 0.759. The number of hydrogen-bond donors (Lipinski definition) is 3. The van der Waals surface area contributed by atoms with Crippen molar-refractivity contribution in [2.75, 3.05) is 6.54 Å². The minimum absolute atomic E-state index is 0.205. The van der Waals surface area contributed by atoms with Crippen molar-refractivity contribution in [1.29, 1.82) is 0 Å². The van der Waals surface area contributed by atoms with E-state index in [1.165, 1.54) is 0 Å². The standard InChI is InChI=1S/C15H19NO4/c1-15(2)11(12(15)14(19)20)13(18)16-8-7-9-5-3-4-6-10(9)17/h3-6,11-12,17H,7-8H2,1-2H3,(H,16,18)(H,19,20)/t11-,12+/m1/s1. The number of carboxylic acids is 1. The van der Waals surface area contributed by atoms with Crippen molar-refractivity contribution in [2.45, 2.75) is 20.3 Å². The van der Waals surface area contributed by atoms with E-state index in [9.17, 15) is 14.7 Å². The summed E-state index contributed by atoms with van der Waals surface area (Å²) in [5, 5.41) is 21.4. The van der Waals surface area contributed by atoms with Crippen LogP contribution < -0.4 is 5.32 Å². The molecule has 0 heterocycles. The fourth-order valence-electron chi connectivity index (χ4n) is 2.74. The molecule has 2 atom stereocenters. The maximum absolute atomic E-state index is 12.0. The Morgan fingerprint density at radius 3 is 2.45 bits per heavy atom. The van der Waals surface area contributed by atoms with Crippen LogP contribution in [0.2, 0.25) is 0 Å². The lowest BCUT2D eigenvalue weighted by Gasteiger charge is -2.07. The molecule has 0 radical (unpaired) electrons. The molecule has 1 fully saturated rings. The zero-order valence-corrected chi connectivity index (χ0v) is 11.6. The third-order valence-corrected chi connectivity index (χ3v) is 4.06. The molecule has 2 rings (SSSR count). The second-order valence-corrected chi connectivity index (χ2v) is 5.78. The fraction of sp³-hybridized carbons (Fsp3) is 0.467. The van der Waals surface area contributed by atoms with E-state index >= 15 is 0 Å². The molecule has 20 heavy (non-hydrogen) atoms. The molecule has 1 aromatic carbocycles. The number of carbonyl (C=O) groups excluding carboxylic acids is 1. The van der Waals surface area contributed by atoms with Crippen LogP contribution in [0.1, 0.15) is 19.4 Å². The molecular weight excluding hydrogens is 258 g/mol. The van der Waals surface area contributed by atoms with Crippen LogP contribution in [0.25, 0.3) is 0 Å². The normalized spacial score (nSPS) is 23.1. The Labute approximate surface area is 117 Å². The highest BCUT2D eigenvalue weighted by Gasteiger charge is 2.65. The van der Waals surface area contributed by atoms with Gasteiger partial charge < -0.3 is 15.5 Å². The number of nitrogens with one attached hydrogen (secondary N) is 1. The second-order valence-electron chi connectivity index (χ2n) is 5.78. The zero-order chi connectivity index (χ0) is 14.9. The first-order valence-corrected chi connectivity index (χ1v) is 6.63. The van der Waals surface area contributed by atoms with E-state index < -0.39 is 23.2 Å². The van der Waals surface area contributed by atoms with E-state index in [2.05, 4.69) is 5.32 Å². The highest BCUT2D eigenvalue weighted by Crippen LogP contribution is 2.58. The summed E-state index contributed by atoms with van der Waals surface area (Å²) in [6.07, 6.45) is 0.517. The number of carbonyl (C=O) groups is 2. The van der Waals surface area contributed by atoms with Crippen molar-refractivity contribution in [3.63, 3.8) is 0 Å². The largest absolute Gasteiger partial charge is 0.508 e. The highest BCUT2D eigenvalue weighted by molar-refractivity contribution is 5.91. The lowest BCUT2D eigenvalue weighted by molar-refractivity contribution is -0.140. The number of para-hydroxylation sites is 1. The van der Waals surface area contributed by atoms with Crippen LogP contribution in [0.15, 0.2) is 24.3 Å². The first-order chi connectivity index (χ1) is 9.35. The fourth-order valence-corrected chi connectivity index (χ4v) is 2.74. The van der Waals surface area contributed by atoms with Crippen LogP contribution in [-0.4, -0.2) is 28.6 Å². The van der Waals surface area contributed by atoms with E-state index in [1.54, 1.807) is 32.0 Å². The van der Waals surface area contributed by atoms with Gasteiger partial charge in [0, 0.05) is 6.54 Å². The number of aliphatic carboxylic acids is 1. The summed E-state index contributed by atoms with van der Waals surface area (Å²) in [6.45, 7) is 3.97. The Morgan fingerprint density at radius 2 is 1.90 bits per heavy atom. The summed E-state index contributed by atoms with van der Waals surface area (Å²) < 4.78 is 0. The minimum atomic E-state index is -0.921. The molecule has 1 aliphatic rings. The molecular formula is C15H19NO4. The number of phenols is 1. The first-order valence-electron chi connectivity index (χ1n) is 6.63. The van der Waals surface area contributed by atoms with Crippen LogP contribution in [0.3, 0.4) is 0 Å². The monoisotopic (exact) mass is 277 g/mol. The number of phenolic OH excluding ortho intramolecular Hbond substituents is 1. The number of amides is 1. The molecule has 0 aliphatic heterocycles. The maximum atomic E-state index is 12.0. The van der Waals surface area contributed by atoms with Gasteiger partial charge in [0.2, 0.25) is 5.91 Å². The molecule has 1 aliphatic carbocycles. The average Bonchev–Trinajstić information content (AvgIpc) is 2.95. The summed E-state index contributed by atoms with van der Waals surface area (Å²) in [6, 6.07) is 6.95. The Kier molecular flexibility index (Phi) is 3.70. The third kappa shape index (κ3) is 2.61. The van der Waals surface area contributed by atoms with Crippen molar-refractivity contribution in [3.8, 4) is 5.75 Å². The van der Waals surface area contributed by atoms with Crippen molar-refractivity contribution in [2.24, 2.45) is 17.3 Å². The van der Waals surface area contributed by atoms with Crippen LogP contribution in [0, 0.1) is 17.3 Å². The molecule has 0 bridgehead atoms. The molecule has 1 amide bonds. The van der Waals surface area contributed by atoms with Gasteiger partial charge in [0.05, 0.1) is 11.8 Å². The SMILES string of the molecule is CC1(C)[C@H](C(=O)O)[C@@H]1C(=O)NCCc1ccccc1O. The van der Waals surface area contributed by atoms with E-state index in [1.807, 2.05) is 6.07 Å². The number of hydrogen-bond acceptors (Lipinski definition) is 3. The molecule has 0 spiro atoms. The molecule has 108 valence electrons. The smallest absolute Gasteiger partial charge is 0.307 e. The Morgan fingerprint density at radius 1 is 1.25 bits per heavy atom. The van der Waals surface area contributed by atoms with Gasteiger partial charge in [-0.1, -0.05) is 32.0 Å². The summed E-state index contributed by atoms with van der Waals surface area (Å²) in [5.74, 6) is -2.01.